The van der Waals surface area contributed by atoms with Crippen LogP contribution in [-0.2, 0) is 14.3 Å². The first-order valence-corrected chi connectivity index (χ1v) is 5.90. The maximum Gasteiger partial charge on any atom is 0.418 e. The summed E-state index contributed by atoms with van der Waals surface area (Å²) in [7, 11) is 1.00. The van der Waals surface area contributed by atoms with E-state index in [0.717, 1.165) is 25.5 Å². The van der Waals surface area contributed by atoms with Crippen LogP contribution in [0.4, 0.5) is 4.79 Å². The molecule has 0 aromatic rings. The molecule has 0 saturated heterocycles. The Morgan fingerprint density at radius 1 is 1.39 bits per heavy atom. The number of carbonyl (C=O) groups excluding carboxylic acids is 2. The molecule has 0 unspecified atom stereocenters. The first-order valence-electron chi connectivity index (χ1n) is 5.08. The lowest BCUT2D eigenvalue weighted by molar-refractivity contribution is -0.136. The van der Waals surface area contributed by atoms with Crippen LogP contribution in [0.3, 0.4) is 0 Å². The summed E-state index contributed by atoms with van der Waals surface area (Å²) in [6, 6.07) is 0. The Kier molecular flexibility index (Phi) is 16.6. The van der Waals surface area contributed by atoms with E-state index in [4.69, 9.17) is 10.2 Å². The lowest BCUT2D eigenvalue weighted by Gasteiger charge is -2.05. The fourth-order valence-electron chi connectivity index (χ4n) is 0.648. The Morgan fingerprint density at radius 2 is 2.06 bits per heavy atom. The third-order valence-corrected chi connectivity index (χ3v) is 1.96. The minimum atomic E-state index is -0.912. The summed E-state index contributed by atoms with van der Waals surface area (Å²) in [5, 5.41) is 15.3. The largest absolute Gasteiger partial charge is 0.481 e. The number of carbonyl (C=O) groups is 3. The molecule has 0 aromatic heterocycles. The van der Waals surface area contributed by atoms with Crippen molar-refractivity contribution in [3.63, 3.8) is 0 Å². The van der Waals surface area contributed by atoms with Gasteiger partial charge in [0.1, 0.15) is 6.29 Å². The number of aldehydes is 1. The SMILES string of the molecule is CO.O=CCCCOC(=O)NSNCCC(=O)O. The van der Waals surface area contributed by atoms with Gasteiger partial charge >= 0.3 is 12.1 Å². The van der Waals surface area contributed by atoms with E-state index in [1.807, 2.05) is 0 Å². The second-order valence-electron chi connectivity index (χ2n) is 2.69. The normalized spacial score (nSPS) is 8.78. The topological polar surface area (TPSA) is 125 Å². The number of unbranched alkanes of at least 4 members (excludes halogenated alkanes) is 1. The van der Waals surface area contributed by atoms with E-state index in [1.54, 1.807) is 0 Å². The van der Waals surface area contributed by atoms with E-state index >= 15 is 0 Å². The quantitative estimate of drug-likeness (QED) is 0.263. The van der Waals surface area contributed by atoms with E-state index in [-0.39, 0.29) is 19.6 Å². The van der Waals surface area contributed by atoms with Gasteiger partial charge in [-0.15, -0.1) is 0 Å². The fraction of sp³-hybridized carbons (Fsp3) is 0.667. The van der Waals surface area contributed by atoms with Crippen LogP contribution in [0.25, 0.3) is 0 Å². The Labute approximate surface area is 109 Å². The summed E-state index contributed by atoms with van der Waals surface area (Å²) in [5.74, 6) is -0.912. The summed E-state index contributed by atoms with van der Waals surface area (Å²) in [6.07, 6.45) is 0.955. The number of ether oxygens (including phenoxy) is 1. The second-order valence-corrected chi connectivity index (χ2v) is 3.38. The summed E-state index contributed by atoms with van der Waals surface area (Å²) >= 11 is 0.860. The molecule has 0 atom stereocenters. The summed E-state index contributed by atoms with van der Waals surface area (Å²) in [5.41, 5.74) is 0. The first kappa shape index (κ1) is 19.0. The number of carboxylic acid groups (broad SMARTS) is 1. The van der Waals surface area contributed by atoms with Gasteiger partial charge in [0.05, 0.1) is 13.0 Å². The van der Waals surface area contributed by atoms with Gasteiger partial charge in [-0.05, 0) is 6.42 Å². The molecule has 4 N–H and O–H groups in total. The number of hydrogen-bond donors (Lipinski definition) is 4. The summed E-state index contributed by atoms with van der Waals surface area (Å²) in [6.45, 7) is 0.422. The molecule has 18 heavy (non-hydrogen) atoms. The molecule has 8 nitrogen and oxygen atoms in total. The Hall–Kier alpha value is -1.32. The molecule has 0 rings (SSSR count). The van der Waals surface area contributed by atoms with E-state index in [1.165, 1.54) is 0 Å². The molecule has 1 amide bonds. The summed E-state index contributed by atoms with van der Waals surface area (Å²) < 4.78 is 9.60. The highest BCUT2D eigenvalue weighted by Crippen LogP contribution is 1.91. The van der Waals surface area contributed by atoms with Gasteiger partial charge < -0.3 is 19.7 Å². The Morgan fingerprint density at radius 3 is 2.61 bits per heavy atom. The molecule has 0 saturated carbocycles. The minimum Gasteiger partial charge on any atom is -0.481 e. The number of nitrogens with one attached hydrogen (secondary N) is 2. The number of carboxylic acids is 1. The number of amides is 1. The standard InChI is InChI=1S/C8H14N2O5S.CH4O/c11-5-1-2-6-15-8(14)10-16-9-4-3-7(12)13;1-2/h5,9H,1-4,6H2,(H,10,14)(H,12,13);2H,1H3. The van der Waals surface area contributed by atoms with Crippen molar-refractivity contribution in [2.45, 2.75) is 19.3 Å². The predicted octanol–water partition coefficient (Wildman–Crippen LogP) is -0.0723. The number of aliphatic carboxylic acids is 1. The molecule has 0 spiro atoms. The second kappa shape index (κ2) is 15.7. The molecule has 0 heterocycles. The highest BCUT2D eigenvalue weighted by molar-refractivity contribution is 7.96. The molecule has 0 aliphatic heterocycles. The molecule has 0 aliphatic carbocycles. The van der Waals surface area contributed by atoms with Crippen molar-refractivity contribution in [2.75, 3.05) is 20.3 Å². The number of aliphatic hydroxyl groups excluding tert-OH is 1. The Balaban J connectivity index is 0. The lowest BCUT2D eigenvalue weighted by Crippen LogP contribution is -2.23. The van der Waals surface area contributed by atoms with E-state index in [2.05, 4.69) is 14.2 Å². The van der Waals surface area contributed by atoms with Crippen LogP contribution in [0.1, 0.15) is 19.3 Å². The average molecular weight is 282 g/mol. The lowest BCUT2D eigenvalue weighted by atomic mass is 10.4. The van der Waals surface area contributed by atoms with Gasteiger partial charge in [0.25, 0.3) is 0 Å². The molecule has 0 bridgehead atoms. The van der Waals surface area contributed by atoms with Gasteiger partial charge in [-0.2, -0.15) is 0 Å². The van der Waals surface area contributed by atoms with Crippen LogP contribution < -0.4 is 9.44 Å². The fourth-order valence-corrected chi connectivity index (χ4v) is 1.07. The van der Waals surface area contributed by atoms with Crippen LogP contribution in [0.5, 0.6) is 0 Å². The molecule has 9 heteroatoms. The molecule has 106 valence electrons. The van der Waals surface area contributed by atoms with Gasteiger partial charge in [-0.3, -0.25) is 9.52 Å². The maximum absolute atomic E-state index is 10.9. The van der Waals surface area contributed by atoms with Crippen molar-refractivity contribution in [1.29, 1.82) is 0 Å². The number of aliphatic hydroxyl groups is 1. The van der Waals surface area contributed by atoms with E-state index in [9.17, 15) is 14.4 Å². The number of rotatable bonds is 9. The monoisotopic (exact) mass is 282 g/mol. The van der Waals surface area contributed by atoms with Gasteiger partial charge in [-0.25, -0.2) is 9.52 Å². The molecule has 0 radical (unpaired) electrons. The number of hydrogen-bond acceptors (Lipinski definition) is 7. The Bertz CT molecular complexity index is 239. The van der Waals surface area contributed by atoms with Crippen molar-refractivity contribution in [2.24, 2.45) is 0 Å². The predicted molar refractivity (Wildman–Crippen MR) is 65.8 cm³/mol. The highest BCUT2D eigenvalue weighted by Gasteiger charge is 2.01. The third kappa shape index (κ3) is 17.1. The van der Waals surface area contributed by atoms with Gasteiger partial charge in [0.15, 0.2) is 0 Å². The van der Waals surface area contributed by atoms with Crippen LogP contribution in [-0.4, -0.2) is 48.8 Å². The minimum absolute atomic E-state index is 0.0247. The van der Waals surface area contributed by atoms with E-state index in [0.29, 0.717) is 12.8 Å². The molecular weight excluding hydrogens is 264 g/mol. The average Bonchev–Trinajstić information content (AvgIpc) is 2.36. The first-order chi connectivity index (χ1) is 8.66. The van der Waals surface area contributed by atoms with Gasteiger partial charge in [0.2, 0.25) is 0 Å². The van der Waals surface area contributed by atoms with E-state index < -0.39 is 12.1 Å². The smallest absolute Gasteiger partial charge is 0.418 e. The summed E-state index contributed by atoms with van der Waals surface area (Å²) in [4.78, 5) is 30.9. The molecule has 0 aliphatic rings. The van der Waals surface area contributed by atoms with Crippen molar-refractivity contribution >= 4 is 30.5 Å². The van der Waals surface area contributed by atoms with Crippen LogP contribution in [0, 0.1) is 0 Å². The molecular formula is C9H18N2O6S. The van der Waals surface area contributed by atoms with Gasteiger partial charge in [-0.1, -0.05) is 0 Å². The van der Waals surface area contributed by atoms with Crippen LogP contribution in [0.15, 0.2) is 0 Å². The van der Waals surface area contributed by atoms with Gasteiger partial charge in [0, 0.05) is 32.2 Å². The van der Waals surface area contributed by atoms with Crippen molar-refractivity contribution in [3.8, 4) is 0 Å². The zero-order valence-electron chi connectivity index (χ0n) is 10.0. The zero-order valence-corrected chi connectivity index (χ0v) is 10.9. The maximum atomic E-state index is 10.9. The van der Waals surface area contributed by atoms with Crippen molar-refractivity contribution in [1.82, 2.24) is 9.44 Å². The molecule has 0 fully saturated rings. The highest BCUT2D eigenvalue weighted by atomic mass is 32.2. The van der Waals surface area contributed by atoms with Crippen LogP contribution >= 0.6 is 12.1 Å². The molecule has 0 aromatic carbocycles. The third-order valence-electron chi connectivity index (χ3n) is 1.35. The van der Waals surface area contributed by atoms with Crippen molar-refractivity contribution < 1.29 is 29.3 Å². The zero-order chi connectivity index (χ0) is 14.2. The van der Waals surface area contributed by atoms with Crippen molar-refractivity contribution in [3.05, 3.63) is 0 Å². The van der Waals surface area contributed by atoms with Crippen LogP contribution in [0.2, 0.25) is 0 Å².